The number of hydrogen-bond donors (Lipinski definition) is 0. The number of benzene rings is 1. The van der Waals surface area contributed by atoms with Crippen LogP contribution in [-0.4, -0.2) is 23.4 Å². The molecule has 1 aliphatic carbocycles. The SMILES string of the molecule is CCCCN(C(=O)c1ccc(Br)c(Cl)c1)C1CC1. The Morgan fingerprint density at radius 2 is 2.22 bits per heavy atom. The maximum absolute atomic E-state index is 12.4. The van der Waals surface area contributed by atoms with Gasteiger partial charge in [-0.15, -0.1) is 0 Å². The first-order chi connectivity index (χ1) is 8.63. The summed E-state index contributed by atoms with van der Waals surface area (Å²) in [6, 6.07) is 5.86. The van der Waals surface area contributed by atoms with Crippen LogP contribution in [0.2, 0.25) is 5.02 Å². The number of nitrogens with zero attached hydrogens (tertiary/aromatic N) is 1. The van der Waals surface area contributed by atoms with Gasteiger partial charge in [-0.1, -0.05) is 24.9 Å². The summed E-state index contributed by atoms with van der Waals surface area (Å²) in [5.41, 5.74) is 0.686. The van der Waals surface area contributed by atoms with Crippen LogP contribution >= 0.6 is 27.5 Å². The number of rotatable bonds is 5. The molecule has 18 heavy (non-hydrogen) atoms. The first-order valence-electron chi connectivity index (χ1n) is 6.39. The zero-order valence-electron chi connectivity index (χ0n) is 10.5. The molecule has 98 valence electrons. The van der Waals surface area contributed by atoms with Gasteiger partial charge in [-0.2, -0.15) is 0 Å². The monoisotopic (exact) mass is 329 g/mol. The minimum Gasteiger partial charge on any atom is -0.336 e. The van der Waals surface area contributed by atoms with Gasteiger partial charge in [0.1, 0.15) is 0 Å². The Bertz CT molecular complexity index is 445. The van der Waals surface area contributed by atoms with Gasteiger partial charge in [0.25, 0.3) is 5.91 Å². The summed E-state index contributed by atoms with van der Waals surface area (Å²) in [5, 5.41) is 0.590. The Morgan fingerprint density at radius 1 is 1.50 bits per heavy atom. The Morgan fingerprint density at radius 3 is 2.78 bits per heavy atom. The summed E-state index contributed by atoms with van der Waals surface area (Å²) in [4.78, 5) is 14.5. The van der Waals surface area contributed by atoms with E-state index in [4.69, 9.17) is 11.6 Å². The molecule has 1 fully saturated rings. The van der Waals surface area contributed by atoms with Crippen molar-refractivity contribution in [3.63, 3.8) is 0 Å². The number of amides is 1. The molecule has 0 aliphatic heterocycles. The van der Waals surface area contributed by atoms with Crippen molar-refractivity contribution in [1.29, 1.82) is 0 Å². The van der Waals surface area contributed by atoms with E-state index in [9.17, 15) is 4.79 Å². The highest BCUT2D eigenvalue weighted by Crippen LogP contribution is 2.30. The summed E-state index contributed by atoms with van der Waals surface area (Å²) in [5.74, 6) is 0.111. The molecule has 1 aromatic rings. The van der Waals surface area contributed by atoms with Crippen molar-refractivity contribution >= 4 is 33.4 Å². The standard InChI is InChI=1S/C14H17BrClNO/c1-2-3-8-17(11-5-6-11)14(18)10-4-7-12(15)13(16)9-10/h4,7,9,11H,2-3,5-6,8H2,1H3. The van der Waals surface area contributed by atoms with E-state index in [1.807, 2.05) is 17.0 Å². The Kier molecular flexibility index (Phi) is 4.68. The molecule has 1 saturated carbocycles. The number of halogens is 2. The van der Waals surface area contributed by atoms with Gasteiger partial charge >= 0.3 is 0 Å². The van der Waals surface area contributed by atoms with E-state index in [1.165, 1.54) is 0 Å². The Labute approximate surface area is 121 Å². The number of unbranched alkanes of at least 4 members (excludes halogenated alkanes) is 1. The second kappa shape index (κ2) is 6.07. The number of carbonyl (C=O) groups excluding carboxylic acids is 1. The van der Waals surface area contributed by atoms with Crippen LogP contribution in [0.5, 0.6) is 0 Å². The van der Waals surface area contributed by atoms with Gasteiger partial charge in [-0.3, -0.25) is 4.79 Å². The molecule has 0 spiro atoms. The fourth-order valence-corrected chi connectivity index (χ4v) is 2.39. The Hall–Kier alpha value is -0.540. The van der Waals surface area contributed by atoms with Crippen molar-refractivity contribution < 1.29 is 4.79 Å². The van der Waals surface area contributed by atoms with Gasteiger partial charge < -0.3 is 4.90 Å². The molecular formula is C14H17BrClNO. The lowest BCUT2D eigenvalue weighted by Crippen LogP contribution is -2.34. The lowest BCUT2D eigenvalue weighted by Gasteiger charge is -2.22. The normalized spacial score (nSPS) is 14.6. The highest BCUT2D eigenvalue weighted by molar-refractivity contribution is 9.10. The molecule has 1 amide bonds. The highest BCUT2D eigenvalue weighted by atomic mass is 79.9. The average Bonchev–Trinajstić information content (AvgIpc) is 3.17. The molecular weight excluding hydrogens is 314 g/mol. The van der Waals surface area contributed by atoms with E-state index in [0.29, 0.717) is 16.6 Å². The lowest BCUT2D eigenvalue weighted by atomic mass is 10.2. The fraction of sp³-hybridized carbons (Fsp3) is 0.500. The third kappa shape index (κ3) is 3.27. The van der Waals surface area contributed by atoms with Crippen LogP contribution in [-0.2, 0) is 0 Å². The third-order valence-electron chi connectivity index (χ3n) is 3.17. The van der Waals surface area contributed by atoms with Crippen molar-refractivity contribution in [2.45, 2.75) is 38.6 Å². The molecule has 0 bridgehead atoms. The van der Waals surface area contributed by atoms with Gasteiger partial charge in [0.15, 0.2) is 0 Å². The third-order valence-corrected chi connectivity index (χ3v) is 4.40. The van der Waals surface area contributed by atoms with Gasteiger partial charge in [0.2, 0.25) is 0 Å². The predicted octanol–water partition coefficient (Wildman–Crippen LogP) is 4.51. The first kappa shape index (κ1) is 13.9. The molecule has 1 aromatic carbocycles. The fourth-order valence-electron chi connectivity index (χ4n) is 1.96. The van der Waals surface area contributed by atoms with Crippen molar-refractivity contribution in [3.05, 3.63) is 33.3 Å². The smallest absolute Gasteiger partial charge is 0.254 e. The van der Waals surface area contributed by atoms with Gasteiger partial charge in [0, 0.05) is 22.6 Å². The average molecular weight is 331 g/mol. The van der Waals surface area contributed by atoms with Crippen LogP contribution in [0.3, 0.4) is 0 Å². The number of hydrogen-bond acceptors (Lipinski definition) is 1. The number of carbonyl (C=O) groups is 1. The van der Waals surface area contributed by atoms with Crippen molar-refractivity contribution in [2.24, 2.45) is 0 Å². The molecule has 2 nitrogen and oxygen atoms in total. The largest absolute Gasteiger partial charge is 0.336 e. The van der Waals surface area contributed by atoms with Gasteiger partial charge in [-0.05, 0) is 53.4 Å². The van der Waals surface area contributed by atoms with Crippen LogP contribution in [0.4, 0.5) is 0 Å². The van der Waals surface area contributed by atoms with E-state index >= 15 is 0 Å². The summed E-state index contributed by atoms with van der Waals surface area (Å²) in [6.07, 6.45) is 4.45. The second-order valence-electron chi connectivity index (χ2n) is 4.71. The van der Waals surface area contributed by atoms with Crippen LogP contribution < -0.4 is 0 Å². The minimum atomic E-state index is 0.111. The van der Waals surface area contributed by atoms with Gasteiger partial charge in [-0.25, -0.2) is 0 Å². The predicted molar refractivity (Wildman–Crippen MR) is 78.1 cm³/mol. The molecule has 0 radical (unpaired) electrons. The summed E-state index contributed by atoms with van der Waals surface area (Å²) < 4.78 is 0.826. The topological polar surface area (TPSA) is 20.3 Å². The molecule has 0 N–H and O–H groups in total. The van der Waals surface area contributed by atoms with E-state index in [2.05, 4.69) is 22.9 Å². The van der Waals surface area contributed by atoms with E-state index < -0.39 is 0 Å². The molecule has 0 unspecified atom stereocenters. The quantitative estimate of drug-likeness (QED) is 0.778. The van der Waals surface area contributed by atoms with E-state index in [1.54, 1.807) is 6.07 Å². The van der Waals surface area contributed by atoms with Crippen LogP contribution in [0.25, 0.3) is 0 Å². The van der Waals surface area contributed by atoms with E-state index in [-0.39, 0.29) is 5.91 Å². The lowest BCUT2D eigenvalue weighted by molar-refractivity contribution is 0.0740. The summed E-state index contributed by atoms with van der Waals surface area (Å²) in [7, 11) is 0. The van der Waals surface area contributed by atoms with Crippen molar-refractivity contribution in [3.8, 4) is 0 Å². The zero-order chi connectivity index (χ0) is 13.1. The Balaban J connectivity index is 2.13. The van der Waals surface area contributed by atoms with Crippen molar-refractivity contribution in [2.75, 3.05) is 6.54 Å². The first-order valence-corrected chi connectivity index (χ1v) is 7.56. The van der Waals surface area contributed by atoms with Crippen LogP contribution in [0, 0.1) is 0 Å². The molecule has 1 aliphatic rings. The maximum atomic E-state index is 12.4. The summed E-state index contributed by atoms with van der Waals surface area (Å²) in [6.45, 7) is 3.00. The van der Waals surface area contributed by atoms with E-state index in [0.717, 1.165) is 36.7 Å². The second-order valence-corrected chi connectivity index (χ2v) is 5.97. The van der Waals surface area contributed by atoms with Crippen molar-refractivity contribution in [1.82, 2.24) is 4.90 Å². The molecule has 0 heterocycles. The van der Waals surface area contributed by atoms with Crippen LogP contribution in [0.1, 0.15) is 43.0 Å². The highest BCUT2D eigenvalue weighted by Gasteiger charge is 2.32. The zero-order valence-corrected chi connectivity index (χ0v) is 12.8. The molecule has 0 atom stereocenters. The molecule has 2 rings (SSSR count). The molecule has 0 aromatic heterocycles. The summed E-state index contributed by atoms with van der Waals surface area (Å²) >= 11 is 9.39. The minimum absolute atomic E-state index is 0.111. The molecule has 0 saturated heterocycles. The van der Waals surface area contributed by atoms with Gasteiger partial charge in [0.05, 0.1) is 5.02 Å². The molecule has 4 heteroatoms. The maximum Gasteiger partial charge on any atom is 0.254 e. The van der Waals surface area contributed by atoms with Crippen LogP contribution in [0.15, 0.2) is 22.7 Å².